The molecule has 49 heavy (non-hydrogen) atoms. The van der Waals surface area contributed by atoms with Crippen LogP contribution in [0.1, 0.15) is 59.9 Å². The van der Waals surface area contributed by atoms with E-state index in [1.807, 2.05) is 50.4 Å². The number of thioether (sulfide) groups is 1. The minimum atomic E-state index is -0.940. The predicted octanol–water partition coefficient (Wildman–Crippen LogP) is 2.54. The number of hydrogen-bond acceptors (Lipinski definition) is 9. The molecule has 4 amide bonds. The van der Waals surface area contributed by atoms with Crippen molar-refractivity contribution < 1.29 is 33.8 Å². The standard InChI is InChI=1S/C35H51N5O7S.ClH/c1-22-18-30(41)24(3)23(2)26(22)20-27(36)33(44)40-28(15-17-48-5)34(45)38-21-31(42)39-29(19-25-12-8-6-9-13-25)35(46)37-16-11-7-10-14-32(43)47-4;/h6,8-9,12-13,18,27-29,41H,7,10-11,14-17,19-21,36H2,1-5H3,(H,37,46)(H,38,45)(H,39,42)(H,40,44);1H/t27-,28+,29-;/m0./s1. The lowest BCUT2D eigenvalue weighted by molar-refractivity contribution is -0.140. The van der Waals surface area contributed by atoms with Gasteiger partial charge in [-0.2, -0.15) is 11.8 Å². The number of ether oxygens (including phenoxy) is 1. The molecule has 3 atom stereocenters. The highest BCUT2D eigenvalue weighted by molar-refractivity contribution is 7.98. The number of phenolic OH excluding ortho intramolecular Hbond substituents is 1. The first-order valence-electron chi connectivity index (χ1n) is 16.2. The number of carbonyl (C=O) groups is 5. The van der Waals surface area contributed by atoms with Gasteiger partial charge < -0.3 is 36.8 Å². The van der Waals surface area contributed by atoms with Crippen molar-refractivity contribution in [2.45, 2.75) is 83.8 Å². The highest BCUT2D eigenvalue weighted by atomic mass is 35.5. The van der Waals surface area contributed by atoms with E-state index in [1.165, 1.54) is 18.9 Å². The van der Waals surface area contributed by atoms with E-state index in [0.29, 0.717) is 38.0 Å². The first kappa shape index (κ1) is 43.2. The summed E-state index contributed by atoms with van der Waals surface area (Å²) in [6.45, 7) is 5.49. The van der Waals surface area contributed by atoms with Gasteiger partial charge in [0.05, 0.1) is 19.7 Å². The van der Waals surface area contributed by atoms with E-state index in [9.17, 15) is 29.1 Å². The number of phenols is 1. The summed E-state index contributed by atoms with van der Waals surface area (Å²) in [5.41, 5.74) is 10.4. The van der Waals surface area contributed by atoms with Crippen molar-refractivity contribution in [2.75, 3.05) is 32.2 Å². The molecule has 0 aliphatic heterocycles. The number of nitrogens with one attached hydrogen (secondary N) is 4. The van der Waals surface area contributed by atoms with Crippen LogP contribution in [0.4, 0.5) is 0 Å². The third-order valence-corrected chi connectivity index (χ3v) is 8.82. The largest absolute Gasteiger partial charge is 0.508 e. The Kier molecular flexibility index (Phi) is 20.1. The molecule has 0 aromatic heterocycles. The molecule has 7 N–H and O–H groups in total. The average molecular weight is 722 g/mol. The van der Waals surface area contributed by atoms with Gasteiger partial charge in [-0.15, -0.1) is 12.4 Å². The fourth-order valence-corrected chi connectivity index (χ4v) is 5.60. The molecule has 0 saturated carbocycles. The Balaban J connectivity index is 0.0000120. The van der Waals surface area contributed by atoms with E-state index in [2.05, 4.69) is 26.0 Å². The summed E-state index contributed by atoms with van der Waals surface area (Å²) in [5.74, 6) is -1.47. The summed E-state index contributed by atoms with van der Waals surface area (Å²) in [7, 11) is 1.34. The van der Waals surface area contributed by atoms with Gasteiger partial charge in [0.2, 0.25) is 23.6 Å². The van der Waals surface area contributed by atoms with Crippen LogP contribution < -0.4 is 27.0 Å². The zero-order chi connectivity index (χ0) is 35.6. The van der Waals surface area contributed by atoms with Gasteiger partial charge in [0.25, 0.3) is 0 Å². The number of aryl methyl sites for hydroxylation is 1. The van der Waals surface area contributed by atoms with Crippen molar-refractivity contribution in [3.63, 3.8) is 0 Å². The number of halogens is 1. The molecule has 272 valence electrons. The Morgan fingerprint density at radius 2 is 1.55 bits per heavy atom. The molecule has 12 nitrogen and oxygen atoms in total. The Hall–Kier alpha value is -3.81. The summed E-state index contributed by atoms with van der Waals surface area (Å²) in [6.07, 6.45) is 5.03. The highest BCUT2D eigenvalue weighted by Crippen LogP contribution is 2.27. The number of aromatic hydroxyl groups is 1. The van der Waals surface area contributed by atoms with E-state index in [-0.39, 0.29) is 42.9 Å². The van der Waals surface area contributed by atoms with Crippen LogP contribution in [0.3, 0.4) is 0 Å². The summed E-state index contributed by atoms with van der Waals surface area (Å²) in [5, 5.41) is 21.0. The minimum absolute atomic E-state index is 0. The van der Waals surface area contributed by atoms with Crippen LogP contribution >= 0.6 is 24.2 Å². The van der Waals surface area contributed by atoms with Crippen molar-refractivity contribution in [1.29, 1.82) is 0 Å². The first-order chi connectivity index (χ1) is 22.9. The summed E-state index contributed by atoms with van der Waals surface area (Å²) in [6, 6.07) is 8.16. The number of rotatable bonds is 20. The number of carbonyl (C=O) groups excluding carboxylic acids is 5. The van der Waals surface area contributed by atoms with Crippen LogP contribution in [0, 0.1) is 20.8 Å². The molecule has 2 aromatic rings. The molecule has 0 saturated heterocycles. The molecular formula is C35H52ClN5O7S. The van der Waals surface area contributed by atoms with Crippen LogP contribution in [0.15, 0.2) is 36.4 Å². The van der Waals surface area contributed by atoms with Gasteiger partial charge in [-0.05, 0) is 92.3 Å². The third kappa shape index (κ3) is 15.1. The maximum atomic E-state index is 13.2. The Labute approximate surface area is 299 Å². The Morgan fingerprint density at radius 1 is 0.878 bits per heavy atom. The Morgan fingerprint density at radius 3 is 2.20 bits per heavy atom. The van der Waals surface area contributed by atoms with E-state index in [4.69, 9.17) is 5.73 Å². The van der Waals surface area contributed by atoms with Gasteiger partial charge in [-0.1, -0.05) is 36.8 Å². The van der Waals surface area contributed by atoms with E-state index in [0.717, 1.165) is 34.2 Å². The quantitative estimate of drug-likeness (QED) is 0.0882. The lowest BCUT2D eigenvalue weighted by atomic mass is 9.92. The SMILES string of the molecule is COC(=O)CCCCCNC(=O)[C@H](Cc1ccccc1)NC(=O)CNC(=O)[C@@H](CCSC)NC(=O)[C@@H](N)Cc1c(C)cc(O)c(C)c1C.Cl. The summed E-state index contributed by atoms with van der Waals surface area (Å²) in [4.78, 5) is 63.6. The normalized spacial score (nSPS) is 12.4. The predicted molar refractivity (Wildman–Crippen MR) is 195 cm³/mol. The molecule has 0 heterocycles. The molecule has 0 fully saturated rings. The van der Waals surface area contributed by atoms with E-state index < -0.39 is 42.4 Å². The van der Waals surface area contributed by atoms with Gasteiger partial charge in [0.15, 0.2) is 0 Å². The number of hydrogen-bond donors (Lipinski definition) is 6. The second kappa shape index (κ2) is 22.8. The van der Waals surface area contributed by atoms with Crippen molar-refractivity contribution in [2.24, 2.45) is 5.73 Å². The third-order valence-electron chi connectivity index (χ3n) is 8.18. The topological polar surface area (TPSA) is 189 Å². The zero-order valence-electron chi connectivity index (χ0n) is 29.1. The minimum Gasteiger partial charge on any atom is -0.508 e. The first-order valence-corrected chi connectivity index (χ1v) is 17.6. The van der Waals surface area contributed by atoms with Crippen molar-refractivity contribution >= 4 is 53.8 Å². The summed E-state index contributed by atoms with van der Waals surface area (Å²) >= 11 is 1.51. The van der Waals surface area contributed by atoms with Crippen LogP contribution in [-0.2, 0) is 41.6 Å². The molecule has 0 unspecified atom stereocenters. The van der Waals surface area contributed by atoms with Crippen LogP contribution in [0.25, 0.3) is 0 Å². The maximum absolute atomic E-state index is 13.2. The smallest absolute Gasteiger partial charge is 0.305 e. The molecule has 0 radical (unpaired) electrons. The number of esters is 1. The second-order valence-electron chi connectivity index (χ2n) is 11.8. The number of amides is 4. The molecule has 2 rings (SSSR count). The zero-order valence-corrected chi connectivity index (χ0v) is 30.7. The number of nitrogens with two attached hydrogens (primary N) is 1. The van der Waals surface area contributed by atoms with Gasteiger partial charge in [0.1, 0.15) is 17.8 Å². The van der Waals surface area contributed by atoms with Crippen molar-refractivity contribution in [3.8, 4) is 5.75 Å². The molecular weight excluding hydrogens is 670 g/mol. The van der Waals surface area contributed by atoms with Gasteiger partial charge in [-0.3, -0.25) is 24.0 Å². The summed E-state index contributed by atoms with van der Waals surface area (Å²) < 4.78 is 4.64. The van der Waals surface area contributed by atoms with Crippen LogP contribution in [-0.4, -0.2) is 85.0 Å². The fourth-order valence-electron chi connectivity index (χ4n) is 5.13. The second-order valence-corrected chi connectivity index (χ2v) is 12.8. The van der Waals surface area contributed by atoms with Crippen LogP contribution in [0.2, 0.25) is 0 Å². The highest BCUT2D eigenvalue weighted by Gasteiger charge is 2.26. The monoisotopic (exact) mass is 721 g/mol. The van der Waals surface area contributed by atoms with Gasteiger partial charge in [-0.25, -0.2) is 0 Å². The molecule has 0 aliphatic carbocycles. The molecule has 0 spiro atoms. The van der Waals surface area contributed by atoms with Gasteiger partial charge >= 0.3 is 5.97 Å². The maximum Gasteiger partial charge on any atom is 0.305 e. The van der Waals surface area contributed by atoms with Crippen LogP contribution in [0.5, 0.6) is 5.75 Å². The Bertz CT molecular complexity index is 1400. The average Bonchev–Trinajstić information content (AvgIpc) is 3.07. The van der Waals surface area contributed by atoms with E-state index in [1.54, 1.807) is 13.0 Å². The van der Waals surface area contributed by atoms with E-state index >= 15 is 0 Å². The molecule has 14 heteroatoms. The lowest BCUT2D eigenvalue weighted by Gasteiger charge is -2.22. The van der Waals surface area contributed by atoms with Gasteiger partial charge in [0, 0.05) is 19.4 Å². The fraction of sp³-hybridized carbons (Fsp3) is 0.514. The van der Waals surface area contributed by atoms with Crippen molar-refractivity contribution in [1.82, 2.24) is 21.3 Å². The molecule has 0 bridgehead atoms. The molecule has 0 aliphatic rings. The van der Waals surface area contributed by atoms with Crippen molar-refractivity contribution in [3.05, 3.63) is 64.2 Å². The molecule has 2 aromatic carbocycles. The lowest BCUT2D eigenvalue weighted by Crippen LogP contribution is -2.54. The number of benzene rings is 2. The number of methoxy groups -OCH3 is 1. The number of unbranched alkanes of at least 4 members (excludes halogenated alkanes) is 2.